The van der Waals surface area contributed by atoms with E-state index in [4.69, 9.17) is 0 Å². The highest BCUT2D eigenvalue weighted by Gasteiger charge is 2.46. The number of fused-ring (bicyclic) bond motifs is 7. The van der Waals surface area contributed by atoms with Gasteiger partial charge in [0.15, 0.2) is 0 Å². The van der Waals surface area contributed by atoms with Crippen LogP contribution in [-0.4, -0.2) is 4.57 Å². The van der Waals surface area contributed by atoms with Gasteiger partial charge >= 0.3 is 0 Å². The first-order valence-corrected chi connectivity index (χ1v) is 16.7. The Balaban J connectivity index is 1.14. The lowest BCUT2D eigenvalue weighted by atomic mass is 9.67. The van der Waals surface area contributed by atoms with Crippen LogP contribution >= 0.6 is 0 Å². The van der Waals surface area contributed by atoms with E-state index >= 15 is 0 Å². The SMILES string of the molecule is c1ccc(C2(c3ccccc3)c3ccccc3-c3ccc(-c4ccc5cc(-n6c7ccccc7c7ccccc76)ccc5c4)cc32)cc1. The molecule has 9 aromatic rings. The van der Waals surface area contributed by atoms with Crippen LogP contribution in [0.1, 0.15) is 22.3 Å². The summed E-state index contributed by atoms with van der Waals surface area (Å²) >= 11 is 0. The third-order valence-electron chi connectivity index (χ3n) is 10.5. The minimum atomic E-state index is -0.404. The summed E-state index contributed by atoms with van der Waals surface area (Å²) in [6.07, 6.45) is 0. The quantitative estimate of drug-likeness (QED) is 0.187. The fourth-order valence-corrected chi connectivity index (χ4v) is 8.38. The molecule has 0 bridgehead atoms. The van der Waals surface area contributed by atoms with Crippen LogP contribution in [0, 0.1) is 0 Å². The molecule has 48 heavy (non-hydrogen) atoms. The molecule has 1 heteroatoms. The van der Waals surface area contributed by atoms with Crippen molar-refractivity contribution >= 4 is 32.6 Å². The lowest BCUT2D eigenvalue weighted by Gasteiger charge is -2.34. The Bertz CT molecular complexity index is 2570. The van der Waals surface area contributed by atoms with Crippen LogP contribution in [0.4, 0.5) is 0 Å². The van der Waals surface area contributed by atoms with E-state index in [1.165, 1.54) is 82.8 Å². The van der Waals surface area contributed by atoms with Crippen molar-refractivity contribution in [3.8, 4) is 27.9 Å². The number of hydrogen-bond acceptors (Lipinski definition) is 0. The predicted octanol–water partition coefficient (Wildman–Crippen LogP) is 12.0. The average molecular weight is 610 g/mol. The van der Waals surface area contributed by atoms with Gasteiger partial charge in [-0.1, -0.05) is 152 Å². The van der Waals surface area contributed by atoms with Crippen LogP contribution in [0.2, 0.25) is 0 Å². The standard InChI is InChI=1S/C47H31N/c1-3-13-36(14-4-1)47(37-15-5-2-6-16-37)43-20-10-7-17-39(43)40-28-26-35(31-44(40)47)32-23-24-34-30-38(27-25-33(34)29-32)48-45-21-11-8-18-41(45)42-19-9-12-22-46(42)48/h1-31H. The highest BCUT2D eigenvalue weighted by Crippen LogP contribution is 2.56. The predicted molar refractivity (Wildman–Crippen MR) is 201 cm³/mol. The van der Waals surface area contributed by atoms with Crippen LogP contribution < -0.4 is 0 Å². The van der Waals surface area contributed by atoms with Gasteiger partial charge in [-0.2, -0.15) is 0 Å². The minimum absolute atomic E-state index is 0.404. The van der Waals surface area contributed by atoms with Gasteiger partial charge in [0.05, 0.1) is 16.4 Å². The molecule has 8 aromatic carbocycles. The number of benzene rings is 8. The number of nitrogens with zero attached hydrogens (tertiary/aromatic N) is 1. The topological polar surface area (TPSA) is 4.93 Å². The van der Waals surface area contributed by atoms with Crippen LogP contribution in [0.15, 0.2) is 188 Å². The maximum Gasteiger partial charge on any atom is 0.0713 e. The van der Waals surface area contributed by atoms with Crippen molar-refractivity contribution in [1.29, 1.82) is 0 Å². The molecule has 0 N–H and O–H groups in total. The van der Waals surface area contributed by atoms with Gasteiger partial charge in [0.1, 0.15) is 0 Å². The molecule has 1 heterocycles. The second-order valence-electron chi connectivity index (χ2n) is 12.9. The van der Waals surface area contributed by atoms with E-state index in [0.29, 0.717) is 0 Å². The van der Waals surface area contributed by atoms with E-state index in [2.05, 4.69) is 193 Å². The van der Waals surface area contributed by atoms with Crippen molar-refractivity contribution in [3.63, 3.8) is 0 Å². The zero-order valence-electron chi connectivity index (χ0n) is 26.3. The van der Waals surface area contributed by atoms with E-state index in [1.807, 2.05) is 0 Å². The van der Waals surface area contributed by atoms with E-state index < -0.39 is 5.41 Å². The zero-order chi connectivity index (χ0) is 31.7. The number of hydrogen-bond donors (Lipinski definition) is 0. The molecular formula is C47H31N. The largest absolute Gasteiger partial charge is 0.309 e. The maximum atomic E-state index is 2.45. The molecule has 0 radical (unpaired) electrons. The van der Waals surface area contributed by atoms with Gasteiger partial charge < -0.3 is 4.57 Å². The lowest BCUT2D eigenvalue weighted by Crippen LogP contribution is -2.28. The summed E-state index contributed by atoms with van der Waals surface area (Å²) in [6, 6.07) is 69.3. The molecule has 0 spiro atoms. The first-order chi connectivity index (χ1) is 23.8. The molecule has 0 amide bonds. The van der Waals surface area contributed by atoms with Crippen LogP contribution in [0.5, 0.6) is 0 Å². The second-order valence-corrected chi connectivity index (χ2v) is 12.9. The van der Waals surface area contributed by atoms with Crippen molar-refractivity contribution in [3.05, 3.63) is 210 Å². The minimum Gasteiger partial charge on any atom is -0.309 e. The fourth-order valence-electron chi connectivity index (χ4n) is 8.38. The molecule has 1 nitrogen and oxygen atoms in total. The highest BCUT2D eigenvalue weighted by molar-refractivity contribution is 6.09. The third-order valence-corrected chi connectivity index (χ3v) is 10.5. The van der Waals surface area contributed by atoms with E-state index in [-0.39, 0.29) is 0 Å². The van der Waals surface area contributed by atoms with Crippen molar-refractivity contribution in [2.75, 3.05) is 0 Å². The zero-order valence-corrected chi connectivity index (χ0v) is 26.3. The van der Waals surface area contributed by atoms with Crippen molar-refractivity contribution in [1.82, 2.24) is 4.57 Å². The molecule has 0 unspecified atom stereocenters. The number of rotatable bonds is 4. The molecule has 0 aliphatic heterocycles. The summed E-state index contributed by atoms with van der Waals surface area (Å²) in [4.78, 5) is 0. The van der Waals surface area contributed by atoms with Gasteiger partial charge in [0.2, 0.25) is 0 Å². The van der Waals surface area contributed by atoms with Gasteiger partial charge in [0.25, 0.3) is 0 Å². The molecule has 10 rings (SSSR count). The number of para-hydroxylation sites is 2. The molecule has 1 aliphatic carbocycles. The van der Waals surface area contributed by atoms with E-state index in [9.17, 15) is 0 Å². The Morgan fingerprint density at radius 3 is 1.58 bits per heavy atom. The molecule has 224 valence electrons. The maximum absolute atomic E-state index is 2.45. The van der Waals surface area contributed by atoms with Gasteiger partial charge in [-0.25, -0.2) is 0 Å². The molecular weight excluding hydrogens is 579 g/mol. The lowest BCUT2D eigenvalue weighted by molar-refractivity contribution is 0.769. The average Bonchev–Trinajstić information content (AvgIpc) is 3.66. The first kappa shape index (κ1) is 27.0. The Morgan fingerprint density at radius 1 is 0.354 bits per heavy atom. The molecule has 0 atom stereocenters. The molecule has 0 fully saturated rings. The van der Waals surface area contributed by atoms with Crippen molar-refractivity contribution in [2.45, 2.75) is 5.41 Å². The Labute approximate surface area is 280 Å². The van der Waals surface area contributed by atoms with Crippen LogP contribution in [0.3, 0.4) is 0 Å². The van der Waals surface area contributed by atoms with Gasteiger partial charge in [-0.05, 0) is 91.7 Å². The van der Waals surface area contributed by atoms with Gasteiger partial charge in [-0.3, -0.25) is 0 Å². The van der Waals surface area contributed by atoms with E-state index in [0.717, 1.165) is 0 Å². The monoisotopic (exact) mass is 609 g/mol. The van der Waals surface area contributed by atoms with E-state index in [1.54, 1.807) is 0 Å². The fraction of sp³-hybridized carbons (Fsp3) is 0.0213. The Hall–Kier alpha value is -6.18. The van der Waals surface area contributed by atoms with Crippen molar-refractivity contribution < 1.29 is 0 Å². The second kappa shape index (κ2) is 10.4. The van der Waals surface area contributed by atoms with Crippen molar-refractivity contribution in [2.24, 2.45) is 0 Å². The summed E-state index contributed by atoms with van der Waals surface area (Å²) in [7, 11) is 0. The molecule has 0 saturated carbocycles. The summed E-state index contributed by atoms with van der Waals surface area (Å²) in [5.41, 5.74) is 13.5. The molecule has 1 aromatic heterocycles. The van der Waals surface area contributed by atoms with Crippen LogP contribution in [0.25, 0.3) is 60.5 Å². The van der Waals surface area contributed by atoms with Gasteiger partial charge in [0, 0.05) is 16.5 Å². The highest BCUT2D eigenvalue weighted by atomic mass is 15.0. The summed E-state index contributed by atoms with van der Waals surface area (Å²) in [5, 5.41) is 5.03. The first-order valence-electron chi connectivity index (χ1n) is 16.7. The molecule has 1 aliphatic rings. The smallest absolute Gasteiger partial charge is 0.0713 e. The van der Waals surface area contributed by atoms with Gasteiger partial charge in [-0.15, -0.1) is 0 Å². The summed E-state index contributed by atoms with van der Waals surface area (Å²) in [6.45, 7) is 0. The Morgan fingerprint density at radius 2 is 0.875 bits per heavy atom. The summed E-state index contributed by atoms with van der Waals surface area (Å²) in [5.74, 6) is 0. The third kappa shape index (κ3) is 3.79. The van der Waals surface area contributed by atoms with Crippen LogP contribution in [-0.2, 0) is 5.41 Å². The number of aromatic nitrogens is 1. The normalized spacial score (nSPS) is 13.2. The Kier molecular flexibility index (Phi) is 5.86. The molecule has 0 saturated heterocycles. The summed E-state index contributed by atoms with van der Waals surface area (Å²) < 4.78 is 2.39.